The van der Waals surface area contributed by atoms with Gasteiger partial charge in [0.05, 0.1) is 5.69 Å². The summed E-state index contributed by atoms with van der Waals surface area (Å²) < 4.78 is 0. The maximum absolute atomic E-state index is 9.77. The number of benzene rings is 1. The van der Waals surface area contributed by atoms with E-state index in [0.29, 0.717) is 0 Å². The number of thioether (sulfide) groups is 1. The maximum Gasteiger partial charge on any atom is 0.335 e. The van der Waals surface area contributed by atoms with Crippen LogP contribution in [-0.4, -0.2) is 67.6 Å². The molecule has 31 heavy (non-hydrogen) atoms. The largest absolute Gasteiger partial charge is 0.479 e. The molecule has 0 saturated carbocycles. The number of carboxylic acid groups (broad SMARTS) is 2. The normalized spacial score (nSPS) is 15.1. The van der Waals surface area contributed by atoms with Crippen LogP contribution in [-0.2, 0) is 28.2 Å². The number of aromatic nitrogens is 2. The molecular weight excluding hydrogens is 446 g/mol. The van der Waals surface area contributed by atoms with E-state index in [9.17, 15) is 9.59 Å². The minimum Gasteiger partial charge on any atom is -0.479 e. The molecule has 0 amide bonds. The first-order valence-corrected chi connectivity index (χ1v) is 11.0. The number of aliphatic carboxylic acids is 2. The van der Waals surface area contributed by atoms with Gasteiger partial charge in [-0.2, -0.15) is 0 Å². The van der Waals surface area contributed by atoms with Crippen molar-refractivity contribution in [2.75, 3.05) is 13.1 Å². The third-order valence-corrected chi connectivity index (χ3v) is 6.11. The highest BCUT2D eigenvalue weighted by Crippen LogP contribution is 2.31. The molecule has 170 valence electrons. The number of nitrogens with one attached hydrogen (secondary N) is 2. The standard InChI is InChI=1S/C16H20ClN3S.C4H6O6/c1-10-11(2)20-16(19-10)21-9-14-13-6-8-18-7-5-12(13)3-4-15(14)17;5-1(3(7)8)2(6)4(9)10/h3-4,18H,5-9H2,1-2H3,(H,19,20);1-2,5-6H,(H,7,8)(H,9,10)/t;1-,2-/m.1/s1. The van der Waals surface area contributed by atoms with Crippen LogP contribution in [0.3, 0.4) is 0 Å². The third kappa shape index (κ3) is 6.94. The summed E-state index contributed by atoms with van der Waals surface area (Å²) in [5.41, 5.74) is 6.35. The van der Waals surface area contributed by atoms with E-state index in [2.05, 4.69) is 28.3 Å². The SMILES string of the molecule is Cc1nc(SCc2c(Cl)ccc3c2CCNCC3)[nH]c1C.O=C(O)[C@H](O)[C@@H](O)C(=O)O. The van der Waals surface area contributed by atoms with Crippen LogP contribution in [0.4, 0.5) is 0 Å². The first-order chi connectivity index (χ1) is 14.6. The molecule has 1 aromatic carbocycles. The second kappa shape index (κ2) is 11.5. The van der Waals surface area contributed by atoms with Crippen molar-refractivity contribution in [3.05, 3.63) is 45.2 Å². The fraction of sp³-hybridized carbons (Fsp3) is 0.450. The molecule has 11 heteroatoms. The summed E-state index contributed by atoms with van der Waals surface area (Å²) in [7, 11) is 0. The lowest BCUT2D eigenvalue weighted by Gasteiger charge is -2.13. The molecule has 0 unspecified atom stereocenters. The molecule has 1 aliphatic rings. The van der Waals surface area contributed by atoms with Crippen molar-refractivity contribution in [3.8, 4) is 0 Å². The highest BCUT2D eigenvalue weighted by molar-refractivity contribution is 7.98. The van der Waals surface area contributed by atoms with Crippen molar-refractivity contribution in [3.63, 3.8) is 0 Å². The maximum atomic E-state index is 9.77. The zero-order chi connectivity index (χ0) is 23.1. The average molecular weight is 472 g/mol. The quantitative estimate of drug-likeness (QED) is 0.344. The fourth-order valence-electron chi connectivity index (χ4n) is 2.97. The number of aliphatic hydroxyl groups excluding tert-OH is 2. The van der Waals surface area contributed by atoms with Gasteiger partial charge in [-0.1, -0.05) is 29.4 Å². The van der Waals surface area contributed by atoms with Crippen LogP contribution in [0.2, 0.25) is 5.02 Å². The first kappa shape index (κ1) is 25.2. The zero-order valence-corrected chi connectivity index (χ0v) is 18.8. The molecule has 0 spiro atoms. The Hall–Kier alpha value is -2.11. The van der Waals surface area contributed by atoms with Gasteiger partial charge in [0.1, 0.15) is 0 Å². The highest BCUT2D eigenvalue weighted by Gasteiger charge is 2.29. The molecule has 3 rings (SSSR count). The lowest BCUT2D eigenvalue weighted by atomic mass is 9.98. The molecule has 6 N–H and O–H groups in total. The lowest BCUT2D eigenvalue weighted by molar-refractivity contribution is -0.165. The van der Waals surface area contributed by atoms with Crippen LogP contribution in [0, 0.1) is 13.8 Å². The van der Waals surface area contributed by atoms with Gasteiger partial charge in [0, 0.05) is 16.5 Å². The summed E-state index contributed by atoms with van der Waals surface area (Å²) in [6.45, 7) is 6.17. The van der Waals surface area contributed by atoms with Crippen LogP contribution in [0.1, 0.15) is 28.1 Å². The number of aromatic amines is 1. The molecule has 2 aromatic rings. The van der Waals surface area contributed by atoms with Crippen molar-refractivity contribution < 1.29 is 30.0 Å². The van der Waals surface area contributed by atoms with Gasteiger partial charge in [-0.05, 0) is 62.5 Å². The number of nitrogens with zero attached hydrogens (tertiary/aromatic N) is 1. The molecule has 1 aliphatic heterocycles. The van der Waals surface area contributed by atoms with Gasteiger partial charge in [0.15, 0.2) is 17.4 Å². The number of rotatable bonds is 6. The minimum atomic E-state index is -2.27. The Morgan fingerprint density at radius 2 is 1.74 bits per heavy atom. The molecule has 1 aromatic heterocycles. The van der Waals surface area contributed by atoms with Crippen molar-refractivity contribution in [1.82, 2.24) is 15.3 Å². The zero-order valence-electron chi connectivity index (χ0n) is 17.2. The van der Waals surface area contributed by atoms with E-state index in [1.165, 1.54) is 16.7 Å². The number of aliphatic hydroxyl groups is 2. The molecule has 2 heterocycles. The Balaban J connectivity index is 0.000000291. The van der Waals surface area contributed by atoms with Crippen LogP contribution < -0.4 is 5.32 Å². The monoisotopic (exact) mass is 471 g/mol. The predicted octanol–water partition coefficient (Wildman–Crippen LogP) is 1.54. The highest BCUT2D eigenvalue weighted by atomic mass is 35.5. The van der Waals surface area contributed by atoms with E-state index in [1.807, 2.05) is 13.0 Å². The second-order valence-electron chi connectivity index (χ2n) is 7.02. The molecule has 0 fully saturated rings. The van der Waals surface area contributed by atoms with E-state index in [0.717, 1.165) is 53.3 Å². The van der Waals surface area contributed by atoms with Gasteiger partial charge in [0.2, 0.25) is 0 Å². The van der Waals surface area contributed by atoms with Crippen molar-refractivity contribution in [2.24, 2.45) is 0 Å². The van der Waals surface area contributed by atoms with Crippen molar-refractivity contribution in [2.45, 2.75) is 49.8 Å². The number of carbonyl (C=O) groups is 2. The summed E-state index contributed by atoms with van der Waals surface area (Å²) in [5.74, 6) is -2.67. The Bertz CT molecular complexity index is 898. The van der Waals surface area contributed by atoms with E-state index in [-0.39, 0.29) is 0 Å². The molecule has 0 bridgehead atoms. The summed E-state index contributed by atoms with van der Waals surface area (Å²) in [4.78, 5) is 27.4. The molecule has 0 radical (unpaired) electrons. The number of H-pyrrole nitrogens is 1. The van der Waals surface area contributed by atoms with E-state index >= 15 is 0 Å². The van der Waals surface area contributed by atoms with Crippen LogP contribution in [0.5, 0.6) is 0 Å². The van der Waals surface area contributed by atoms with Crippen LogP contribution in [0.25, 0.3) is 0 Å². The van der Waals surface area contributed by atoms with E-state index in [1.54, 1.807) is 11.8 Å². The topological polar surface area (TPSA) is 156 Å². The molecule has 0 aliphatic carbocycles. The van der Waals surface area contributed by atoms with Gasteiger partial charge in [-0.3, -0.25) is 0 Å². The molecule has 2 atom stereocenters. The van der Waals surface area contributed by atoms with Gasteiger partial charge < -0.3 is 30.7 Å². The minimum absolute atomic E-state index is 0.869. The summed E-state index contributed by atoms with van der Waals surface area (Å²) in [6.07, 6.45) is -2.39. The Morgan fingerprint density at radius 3 is 2.29 bits per heavy atom. The summed E-state index contributed by atoms with van der Waals surface area (Å²) in [6, 6.07) is 4.22. The number of carboxylic acids is 2. The van der Waals surface area contributed by atoms with Crippen LogP contribution >= 0.6 is 23.4 Å². The lowest BCUT2D eigenvalue weighted by Crippen LogP contribution is -2.39. The number of hydrogen-bond donors (Lipinski definition) is 6. The number of aryl methyl sites for hydroxylation is 2. The fourth-order valence-corrected chi connectivity index (χ4v) is 4.33. The first-order valence-electron chi connectivity index (χ1n) is 9.59. The number of fused-ring (bicyclic) bond motifs is 1. The van der Waals surface area contributed by atoms with Gasteiger partial charge in [-0.25, -0.2) is 14.6 Å². The number of halogens is 1. The van der Waals surface area contributed by atoms with Crippen LogP contribution in [0.15, 0.2) is 17.3 Å². The molecular formula is C20H26ClN3O6S. The Kier molecular flexibility index (Phi) is 9.32. The summed E-state index contributed by atoms with van der Waals surface area (Å²) in [5, 5.41) is 37.8. The predicted molar refractivity (Wildman–Crippen MR) is 117 cm³/mol. The number of hydrogen-bond acceptors (Lipinski definition) is 7. The third-order valence-electron chi connectivity index (χ3n) is 4.86. The van der Waals surface area contributed by atoms with Gasteiger partial charge >= 0.3 is 11.9 Å². The average Bonchev–Trinajstić information content (AvgIpc) is 2.91. The molecule has 9 nitrogen and oxygen atoms in total. The smallest absolute Gasteiger partial charge is 0.335 e. The van der Waals surface area contributed by atoms with E-state index in [4.69, 9.17) is 32.0 Å². The summed E-state index contributed by atoms with van der Waals surface area (Å²) >= 11 is 8.18. The second-order valence-corrected chi connectivity index (χ2v) is 8.39. The van der Waals surface area contributed by atoms with Crippen molar-refractivity contribution in [1.29, 1.82) is 0 Å². The van der Waals surface area contributed by atoms with Gasteiger partial charge in [0.25, 0.3) is 0 Å². The Labute approximate surface area is 188 Å². The van der Waals surface area contributed by atoms with E-state index < -0.39 is 24.1 Å². The Morgan fingerprint density at radius 1 is 1.13 bits per heavy atom. The van der Waals surface area contributed by atoms with Crippen molar-refractivity contribution >= 4 is 35.3 Å². The molecule has 0 saturated heterocycles. The number of imidazole rings is 1. The van der Waals surface area contributed by atoms with Gasteiger partial charge in [-0.15, -0.1) is 0 Å².